The van der Waals surface area contributed by atoms with E-state index in [2.05, 4.69) is 4.72 Å². The quantitative estimate of drug-likeness (QED) is 0.627. The fraction of sp³-hybridized carbons (Fsp3) is 1.00. The summed E-state index contributed by atoms with van der Waals surface area (Å²) in [6.07, 6.45) is 1.59. The van der Waals surface area contributed by atoms with Crippen LogP contribution in [0.1, 0.15) is 26.7 Å². The lowest BCUT2D eigenvalue weighted by Crippen LogP contribution is -2.38. The van der Waals surface area contributed by atoms with E-state index in [4.69, 9.17) is 5.73 Å². The molecule has 0 aromatic rings. The summed E-state index contributed by atoms with van der Waals surface area (Å²) >= 11 is 0. The highest BCUT2D eigenvalue weighted by Gasteiger charge is 2.11. The van der Waals surface area contributed by atoms with Gasteiger partial charge in [-0.15, -0.1) is 0 Å². The molecule has 0 aromatic carbocycles. The summed E-state index contributed by atoms with van der Waals surface area (Å²) in [4.78, 5) is 0. The molecule has 0 amide bonds. The standard InChI is InChI=1S/C7H18N2O2S/c1-3-4-5-12(10,11)9-7(2)6-8/h7,9H,3-6,8H2,1-2H3. The largest absolute Gasteiger partial charge is 0.329 e. The molecule has 1 atom stereocenters. The van der Waals surface area contributed by atoms with Crippen LogP contribution < -0.4 is 10.5 Å². The first-order chi connectivity index (χ1) is 5.52. The molecule has 0 saturated carbocycles. The molecular weight excluding hydrogens is 176 g/mol. The number of hydrogen-bond donors (Lipinski definition) is 2. The maximum atomic E-state index is 11.2. The highest BCUT2D eigenvalue weighted by Crippen LogP contribution is 1.94. The van der Waals surface area contributed by atoms with Crippen molar-refractivity contribution in [3.63, 3.8) is 0 Å². The van der Waals surface area contributed by atoms with Crippen molar-refractivity contribution in [3.8, 4) is 0 Å². The molecule has 0 saturated heterocycles. The third-order valence-electron chi connectivity index (χ3n) is 1.50. The van der Waals surface area contributed by atoms with Crippen molar-refractivity contribution in [2.45, 2.75) is 32.7 Å². The first-order valence-corrected chi connectivity index (χ1v) is 5.87. The molecule has 5 heteroatoms. The highest BCUT2D eigenvalue weighted by molar-refractivity contribution is 7.89. The van der Waals surface area contributed by atoms with Crippen LogP contribution in [0.2, 0.25) is 0 Å². The maximum absolute atomic E-state index is 11.2. The molecule has 0 radical (unpaired) electrons. The molecule has 0 spiro atoms. The zero-order chi connectivity index (χ0) is 9.61. The number of nitrogens with one attached hydrogen (secondary N) is 1. The molecule has 0 bridgehead atoms. The van der Waals surface area contributed by atoms with Crippen LogP contribution in [0.25, 0.3) is 0 Å². The molecule has 74 valence electrons. The van der Waals surface area contributed by atoms with Crippen molar-refractivity contribution in [2.24, 2.45) is 5.73 Å². The van der Waals surface area contributed by atoms with Gasteiger partial charge >= 0.3 is 0 Å². The zero-order valence-electron chi connectivity index (χ0n) is 7.71. The van der Waals surface area contributed by atoms with Gasteiger partial charge in [0.2, 0.25) is 10.0 Å². The molecule has 1 unspecified atom stereocenters. The number of nitrogens with two attached hydrogens (primary N) is 1. The topological polar surface area (TPSA) is 72.2 Å². The van der Waals surface area contributed by atoms with Crippen LogP contribution in [0.15, 0.2) is 0 Å². The maximum Gasteiger partial charge on any atom is 0.211 e. The fourth-order valence-corrected chi connectivity index (χ4v) is 2.24. The monoisotopic (exact) mass is 194 g/mol. The molecule has 12 heavy (non-hydrogen) atoms. The van der Waals surface area contributed by atoms with Gasteiger partial charge in [0.25, 0.3) is 0 Å². The molecule has 3 N–H and O–H groups in total. The van der Waals surface area contributed by atoms with Crippen molar-refractivity contribution in [1.29, 1.82) is 0 Å². The van der Waals surface area contributed by atoms with Crippen LogP contribution in [-0.4, -0.2) is 26.8 Å². The van der Waals surface area contributed by atoms with Gasteiger partial charge in [-0.3, -0.25) is 0 Å². The van der Waals surface area contributed by atoms with E-state index in [1.807, 2.05) is 6.92 Å². The van der Waals surface area contributed by atoms with Crippen LogP contribution in [0.3, 0.4) is 0 Å². The zero-order valence-corrected chi connectivity index (χ0v) is 8.52. The first kappa shape index (κ1) is 11.9. The Balaban J connectivity index is 3.88. The summed E-state index contributed by atoms with van der Waals surface area (Å²) in [7, 11) is -3.09. The van der Waals surface area contributed by atoms with Gasteiger partial charge in [-0.1, -0.05) is 13.3 Å². The smallest absolute Gasteiger partial charge is 0.211 e. The Hall–Kier alpha value is -0.130. The lowest BCUT2D eigenvalue weighted by Gasteiger charge is -2.10. The van der Waals surface area contributed by atoms with Crippen molar-refractivity contribution in [2.75, 3.05) is 12.3 Å². The van der Waals surface area contributed by atoms with E-state index in [1.54, 1.807) is 6.92 Å². The second kappa shape index (κ2) is 5.50. The number of unbranched alkanes of at least 4 members (excludes halogenated alkanes) is 1. The molecule has 0 rings (SSSR count). The lowest BCUT2D eigenvalue weighted by atomic mass is 10.4. The summed E-state index contributed by atoms with van der Waals surface area (Å²) in [5.41, 5.74) is 5.28. The van der Waals surface area contributed by atoms with Gasteiger partial charge in [0.15, 0.2) is 0 Å². The Kier molecular flexibility index (Phi) is 5.44. The second-order valence-corrected chi connectivity index (χ2v) is 4.80. The van der Waals surface area contributed by atoms with Crippen molar-refractivity contribution in [1.82, 2.24) is 4.72 Å². The van der Waals surface area contributed by atoms with E-state index in [9.17, 15) is 8.42 Å². The predicted octanol–water partition coefficient (Wildman–Crippen LogP) is 0.0531. The Morgan fingerprint density at radius 2 is 2.08 bits per heavy atom. The van der Waals surface area contributed by atoms with Crippen LogP contribution in [-0.2, 0) is 10.0 Å². The summed E-state index contributed by atoms with van der Waals surface area (Å²) in [6.45, 7) is 4.05. The molecule has 0 aliphatic heterocycles. The van der Waals surface area contributed by atoms with Gasteiger partial charge in [0.1, 0.15) is 0 Å². The number of sulfonamides is 1. The average Bonchev–Trinajstić information content (AvgIpc) is 2.00. The third kappa shape index (κ3) is 5.51. The van der Waals surface area contributed by atoms with Crippen LogP contribution >= 0.6 is 0 Å². The van der Waals surface area contributed by atoms with Crippen LogP contribution in [0.5, 0.6) is 0 Å². The molecule has 0 aromatic heterocycles. The predicted molar refractivity (Wildman–Crippen MR) is 50.3 cm³/mol. The number of rotatable bonds is 6. The normalized spacial score (nSPS) is 14.6. The van der Waals surface area contributed by atoms with Gasteiger partial charge in [-0.05, 0) is 13.3 Å². The Bertz CT molecular complexity index is 201. The van der Waals surface area contributed by atoms with Gasteiger partial charge in [-0.2, -0.15) is 0 Å². The molecular formula is C7H18N2O2S. The summed E-state index contributed by atoms with van der Waals surface area (Å²) < 4.78 is 24.9. The van der Waals surface area contributed by atoms with Crippen molar-refractivity contribution in [3.05, 3.63) is 0 Å². The Morgan fingerprint density at radius 3 is 2.50 bits per heavy atom. The van der Waals surface area contributed by atoms with E-state index >= 15 is 0 Å². The van der Waals surface area contributed by atoms with Gasteiger partial charge in [-0.25, -0.2) is 13.1 Å². The van der Waals surface area contributed by atoms with E-state index in [0.29, 0.717) is 13.0 Å². The summed E-state index contributed by atoms with van der Waals surface area (Å²) in [6, 6.07) is -0.160. The Morgan fingerprint density at radius 1 is 1.50 bits per heavy atom. The first-order valence-electron chi connectivity index (χ1n) is 4.22. The molecule has 0 aliphatic rings. The lowest BCUT2D eigenvalue weighted by molar-refractivity contribution is 0.559. The summed E-state index contributed by atoms with van der Waals surface area (Å²) in [5.74, 6) is 0.202. The van der Waals surface area contributed by atoms with E-state index in [1.165, 1.54) is 0 Å². The fourth-order valence-electron chi connectivity index (χ4n) is 0.748. The van der Waals surface area contributed by atoms with E-state index < -0.39 is 10.0 Å². The van der Waals surface area contributed by atoms with Gasteiger partial charge < -0.3 is 5.73 Å². The molecule has 0 fully saturated rings. The second-order valence-electron chi connectivity index (χ2n) is 2.93. The van der Waals surface area contributed by atoms with Gasteiger partial charge in [0.05, 0.1) is 5.75 Å². The summed E-state index contributed by atoms with van der Waals surface area (Å²) in [5, 5.41) is 0. The molecule has 4 nitrogen and oxygen atoms in total. The van der Waals surface area contributed by atoms with Crippen LogP contribution in [0, 0.1) is 0 Å². The highest BCUT2D eigenvalue weighted by atomic mass is 32.2. The van der Waals surface area contributed by atoms with Gasteiger partial charge in [0, 0.05) is 12.6 Å². The van der Waals surface area contributed by atoms with E-state index in [0.717, 1.165) is 6.42 Å². The van der Waals surface area contributed by atoms with E-state index in [-0.39, 0.29) is 11.8 Å². The SMILES string of the molecule is CCCCS(=O)(=O)NC(C)CN. The third-order valence-corrected chi connectivity index (χ3v) is 3.09. The minimum absolute atomic E-state index is 0.160. The van der Waals surface area contributed by atoms with Crippen LogP contribution in [0.4, 0.5) is 0 Å². The minimum Gasteiger partial charge on any atom is -0.329 e. The van der Waals surface area contributed by atoms with Crippen molar-refractivity contribution >= 4 is 10.0 Å². The van der Waals surface area contributed by atoms with Crippen molar-refractivity contribution < 1.29 is 8.42 Å². The molecule has 0 aliphatic carbocycles. The Labute approximate surface area is 74.6 Å². The average molecular weight is 194 g/mol. The number of hydrogen-bond acceptors (Lipinski definition) is 3. The minimum atomic E-state index is -3.09. The molecule has 0 heterocycles.